The number of nitrogens with one attached hydrogen (secondary N) is 2. The molecule has 0 saturated carbocycles. The molecule has 0 saturated heterocycles. The molecule has 9 nitrogen and oxygen atoms in total. The van der Waals surface area contributed by atoms with Crippen LogP contribution in [0.5, 0.6) is 11.5 Å². The van der Waals surface area contributed by atoms with Crippen LogP contribution in [0.4, 0.5) is 5.69 Å². The van der Waals surface area contributed by atoms with Gasteiger partial charge in [-0.05, 0) is 55.8 Å². The van der Waals surface area contributed by atoms with Gasteiger partial charge in [0, 0.05) is 11.6 Å². The van der Waals surface area contributed by atoms with Gasteiger partial charge in [0.2, 0.25) is 5.91 Å². The van der Waals surface area contributed by atoms with E-state index in [1.165, 1.54) is 22.3 Å². The zero-order valence-corrected chi connectivity index (χ0v) is 19.2. The first-order valence-electron chi connectivity index (χ1n) is 10.3. The van der Waals surface area contributed by atoms with Crippen molar-refractivity contribution in [1.29, 1.82) is 0 Å². The highest BCUT2D eigenvalue weighted by Gasteiger charge is 2.14. The number of hydrogen-bond donors (Lipinski definition) is 2. The van der Waals surface area contributed by atoms with Crippen LogP contribution in [0.1, 0.15) is 12.5 Å². The van der Waals surface area contributed by atoms with Gasteiger partial charge in [0.15, 0.2) is 16.6 Å². The number of rotatable bonds is 8. The maximum absolute atomic E-state index is 12.6. The van der Waals surface area contributed by atoms with Gasteiger partial charge >= 0.3 is 0 Å². The molecular formula is C23H23N5O4S. The Morgan fingerprint density at radius 1 is 1.15 bits per heavy atom. The molecule has 0 bridgehead atoms. The lowest BCUT2D eigenvalue weighted by Crippen LogP contribution is -2.16. The van der Waals surface area contributed by atoms with Gasteiger partial charge in [0.25, 0.3) is 5.56 Å². The van der Waals surface area contributed by atoms with Crippen LogP contribution >= 0.6 is 11.8 Å². The summed E-state index contributed by atoms with van der Waals surface area (Å²) in [5, 5.41) is 5.98. The molecule has 33 heavy (non-hydrogen) atoms. The number of fused-ring (bicyclic) bond motifs is 1. The Morgan fingerprint density at radius 2 is 1.94 bits per heavy atom. The number of aromatic amines is 1. The molecule has 0 spiro atoms. The number of carbonyl (C=O) groups is 1. The second kappa shape index (κ2) is 9.78. The van der Waals surface area contributed by atoms with Crippen molar-refractivity contribution in [3.63, 3.8) is 0 Å². The van der Waals surface area contributed by atoms with Gasteiger partial charge in [-0.2, -0.15) is 0 Å². The van der Waals surface area contributed by atoms with Gasteiger partial charge in [-0.15, -0.1) is 0 Å². The van der Waals surface area contributed by atoms with Crippen LogP contribution in [0.15, 0.2) is 58.5 Å². The van der Waals surface area contributed by atoms with E-state index in [2.05, 4.69) is 20.4 Å². The zero-order chi connectivity index (χ0) is 23.4. The number of amides is 1. The maximum atomic E-state index is 12.6. The predicted molar refractivity (Wildman–Crippen MR) is 127 cm³/mol. The van der Waals surface area contributed by atoms with E-state index in [0.29, 0.717) is 34.7 Å². The number of aromatic nitrogens is 4. The summed E-state index contributed by atoms with van der Waals surface area (Å²) >= 11 is 1.19. The van der Waals surface area contributed by atoms with Crippen LogP contribution in [-0.2, 0) is 4.79 Å². The third kappa shape index (κ3) is 5.17. The summed E-state index contributed by atoms with van der Waals surface area (Å²) in [5.74, 6) is 1.62. The SMILES string of the molecule is CCOc1ccc(-c2nc(SCC(=O)Nc3cc(C)ccc3OC)n3[nH]c(=O)cc3n2)cc1. The minimum Gasteiger partial charge on any atom is -0.495 e. The summed E-state index contributed by atoms with van der Waals surface area (Å²) in [6.45, 7) is 4.43. The van der Waals surface area contributed by atoms with Gasteiger partial charge in [-0.3, -0.25) is 14.7 Å². The number of nitrogens with zero attached hydrogens (tertiary/aromatic N) is 3. The van der Waals surface area contributed by atoms with E-state index in [0.717, 1.165) is 16.9 Å². The number of methoxy groups -OCH3 is 1. The molecule has 2 heterocycles. The number of anilines is 1. The lowest BCUT2D eigenvalue weighted by atomic mass is 10.2. The van der Waals surface area contributed by atoms with Crippen molar-refractivity contribution in [2.75, 3.05) is 24.8 Å². The van der Waals surface area contributed by atoms with E-state index < -0.39 is 0 Å². The summed E-state index contributed by atoms with van der Waals surface area (Å²) in [6, 6.07) is 14.3. The Morgan fingerprint density at radius 3 is 2.67 bits per heavy atom. The molecule has 0 fully saturated rings. The first kappa shape index (κ1) is 22.4. The van der Waals surface area contributed by atoms with Crippen LogP contribution in [0, 0.1) is 6.92 Å². The molecule has 2 aromatic carbocycles. The van der Waals surface area contributed by atoms with Crippen molar-refractivity contribution in [2.45, 2.75) is 19.0 Å². The van der Waals surface area contributed by atoms with Crippen molar-refractivity contribution in [3.8, 4) is 22.9 Å². The number of H-pyrrole nitrogens is 1. The molecule has 1 amide bonds. The first-order valence-corrected chi connectivity index (χ1v) is 11.3. The topological polar surface area (TPSA) is 111 Å². The second-order valence-electron chi connectivity index (χ2n) is 7.14. The largest absolute Gasteiger partial charge is 0.495 e. The van der Waals surface area contributed by atoms with Gasteiger partial charge in [-0.25, -0.2) is 14.5 Å². The quantitative estimate of drug-likeness (QED) is 0.383. The average molecular weight is 466 g/mol. The summed E-state index contributed by atoms with van der Waals surface area (Å²) in [7, 11) is 1.55. The van der Waals surface area contributed by atoms with Gasteiger partial charge in [-0.1, -0.05) is 17.8 Å². The van der Waals surface area contributed by atoms with Gasteiger partial charge < -0.3 is 14.8 Å². The predicted octanol–water partition coefficient (Wildman–Crippen LogP) is 3.53. The van der Waals surface area contributed by atoms with Crippen LogP contribution in [0.3, 0.4) is 0 Å². The van der Waals surface area contributed by atoms with Crippen molar-refractivity contribution in [3.05, 3.63) is 64.4 Å². The summed E-state index contributed by atoms with van der Waals surface area (Å²) in [5.41, 5.74) is 2.48. The summed E-state index contributed by atoms with van der Waals surface area (Å²) in [6.07, 6.45) is 0. The monoisotopic (exact) mass is 465 g/mol. The van der Waals surface area contributed by atoms with Crippen molar-refractivity contribution < 1.29 is 14.3 Å². The Balaban J connectivity index is 1.57. The molecule has 0 unspecified atom stereocenters. The highest BCUT2D eigenvalue weighted by molar-refractivity contribution is 7.99. The third-order valence-electron chi connectivity index (χ3n) is 4.71. The van der Waals surface area contributed by atoms with Gasteiger partial charge in [0.1, 0.15) is 11.5 Å². The zero-order valence-electron chi connectivity index (χ0n) is 18.4. The fourth-order valence-corrected chi connectivity index (χ4v) is 3.96. The smallest absolute Gasteiger partial charge is 0.266 e. The molecule has 0 aliphatic rings. The minimum atomic E-state index is -0.302. The normalized spacial score (nSPS) is 10.9. The molecule has 0 aliphatic carbocycles. The highest BCUT2D eigenvalue weighted by Crippen LogP contribution is 2.27. The number of thioether (sulfide) groups is 1. The molecular weight excluding hydrogens is 442 g/mol. The number of hydrogen-bond acceptors (Lipinski definition) is 7. The number of carbonyl (C=O) groups excluding carboxylic acids is 1. The van der Waals surface area contributed by atoms with E-state index >= 15 is 0 Å². The van der Waals surface area contributed by atoms with Crippen LogP contribution in [0.25, 0.3) is 17.0 Å². The van der Waals surface area contributed by atoms with E-state index in [-0.39, 0.29) is 17.2 Å². The minimum absolute atomic E-state index is 0.0755. The number of ether oxygens (including phenoxy) is 2. The van der Waals surface area contributed by atoms with E-state index in [4.69, 9.17) is 9.47 Å². The summed E-state index contributed by atoms with van der Waals surface area (Å²) < 4.78 is 12.3. The van der Waals surface area contributed by atoms with Crippen molar-refractivity contribution in [1.82, 2.24) is 19.6 Å². The molecule has 170 valence electrons. The Kier molecular flexibility index (Phi) is 6.64. The van der Waals surface area contributed by atoms with Crippen molar-refractivity contribution >= 4 is 29.0 Å². The fraction of sp³-hybridized carbons (Fsp3) is 0.217. The van der Waals surface area contributed by atoms with Crippen LogP contribution < -0.4 is 20.3 Å². The van der Waals surface area contributed by atoms with Crippen LogP contribution in [-0.4, -0.2) is 45.0 Å². The standard InChI is InChI=1S/C23H23N5O4S/c1-4-32-16-8-6-15(7-9-16)22-25-19-12-20(29)27-28(19)23(26-22)33-13-21(30)24-17-11-14(2)5-10-18(17)31-3/h5-12H,4,13H2,1-3H3,(H,24,30)(H,27,29). The fourth-order valence-electron chi connectivity index (χ4n) is 3.21. The second-order valence-corrected chi connectivity index (χ2v) is 8.08. The Labute approximate surface area is 194 Å². The third-order valence-corrected chi connectivity index (χ3v) is 5.65. The maximum Gasteiger partial charge on any atom is 0.266 e. The summed E-state index contributed by atoms with van der Waals surface area (Å²) in [4.78, 5) is 33.6. The molecule has 0 aliphatic heterocycles. The number of benzene rings is 2. The Bertz CT molecular complexity index is 1350. The lowest BCUT2D eigenvalue weighted by molar-refractivity contribution is -0.113. The molecule has 2 N–H and O–H groups in total. The molecule has 10 heteroatoms. The van der Waals surface area contributed by atoms with Crippen molar-refractivity contribution in [2.24, 2.45) is 0 Å². The molecule has 4 rings (SSSR count). The number of aryl methyl sites for hydroxylation is 1. The van der Waals surface area contributed by atoms with E-state index in [9.17, 15) is 9.59 Å². The average Bonchev–Trinajstić information content (AvgIpc) is 3.18. The van der Waals surface area contributed by atoms with E-state index in [1.54, 1.807) is 13.2 Å². The van der Waals surface area contributed by atoms with E-state index in [1.807, 2.05) is 50.2 Å². The molecule has 0 radical (unpaired) electrons. The lowest BCUT2D eigenvalue weighted by Gasteiger charge is -2.11. The first-order chi connectivity index (χ1) is 16.0. The molecule has 2 aromatic heterocycles. The highest BCUT2D eigenvalue weighted by atomic mass is 32.2. The molecule has 4 aromatic rings. The molecule has 0 atom stereocenters. The van der Waals surface area contributed by atoms with Crippen LogP contribution in [0.2, 0.25) is 0 Å². The Hall–Kier alpha value is -3.79. The van der Waals surface area contributed by atoms with Gasteiger partial charge in [0.05, 0.1) is 25.2 Å².